The lowest BCUT2D eigenvalue weighted by Crippen LogP contribution is -2.09. The Morgan fingerprint density at radius 3 is 2.90 bits per heavy atom. The van der Waals surface area contributed by atoms with Gasteiger partial charge in [-0.1, -0.05) is 0 Å². The van der Waals surface area contributed by atoms with Crippen molar-refractivity contribution in [3.05, 3.63) is 35.1 Å². The molecule has 0 aromatic carbocycles. The zero-order chi connectivity index (χ0) is 14.1. The van der Waals surface area contributed by atoms with Gasteiger partial charge in [-0.25, -0.2) is 4.98 Å². The molecule has 6 heteroatoms. The SMILES string of the molecule is CNc1nc(NC(C)c2ccco2)c2cc(C)sc2n1. The van der Waals surface area contributed by atoms with E-state index in [1.54, 1.807) is 17.6 Å². The molecule has 5 nitrogen and oxygen atoms in total. The fourth-order valence-corrected chi connectivity index (χ4v) is 2.96. The molecule has 0 bridgehead atoms. The van der Waals surface area contributed by atoms with E-state index in [0.29, 0.717) is 5.95 Å². The maximum Gasteiger partial charge on any atom is 0.225 e. The second-order valence-corrected chi connectivity index (χ2v) is 5.84. The number of thiophene rings is 1. The van der Waals surface area contributed by atoms with Crippen molar-refractivity contribution in [3.8, 4) is 0 Å². The van der Waals surface area contributed by atoms with Crippen molar-refractivity contribution in [3.63, 3.8) is 0 Å². The lowest BCUT2D eigenvalue weighted by Gasteiger charge is -2.13. The van der Waals surface area contributed by atoms with Crippen LogP contribution in [-0.4, -0.2) is 17.0 Å². The van der Waals surface area contributed by atoms with E-state index in [9.17, 15) is 0 Å². The van der Waals surface area contributed by atoms with Crippen LogP contribution in [0.25, 0.3) is 10.2 Å². The molecule has 0 aliphatic rings. The minimum Gasteiger partial charge on any atom is -0.467 e. The Morgan fingerprint density at radius 2 is 2.20 bits per heavy atom. The number of hydrogen-bond acceptors (Lipinski definition) is 6. The van der Waals surface area contributed by atoms with E-state index >= 15 is 0 Å². The first kappa shape index (κ1) is 12.9. The highest BCUT2D eigenvalue weighted by Gasteiger charge is 2.14. The normalized spacial score (nSPS) is 12.6. The molecule has 0 fully saturated rings. The number of aryl methyl sites for hydroxylation is 1. The van der Waals surface area contributed by atoms with Gasteiger partial charge < -0.3 is 15.1 Å². The van der Waals surface area contributed by atoms with Crippen molar-refractivity contribution in [2.24, 2.45) is 0 Å². The highest BCUT2D eigenvalue weighted by Crippen LogP contribution is 2.31. The minimum absolute atomic E-state index is 0.0491. The van der Waals surface area contributed by atoms with E-state index in [0.717, 1.165) is 21.8 Å². The zero-order valence-electron chi connectivity index (χ0n) is 11.6. The quantitative estimate of drug-likeness (QED) is 0.764. The molecule has 3 aromatic heterocycles. The molecule has 2 N–H and O–H groups in total. The topological polar surface area (TPSA) is 63.0 Å². The fourth-order valence-electron chi connectivity index (χ4n) is 2.08. The first-order chi connectivity index (χ1) is 9.67. The monoisotopic (exact) mass is 288 g/mol. The highest BCUT2D eigenvalue weighted by molar-refractivity contribution is 7.18. The van der Waals surface area contributed by atoms with E-state index in [2.05, 4.69) is 33.6 Å². The number of furan rings is 1. The summed E-state index contributed by atoms with van der Waals surface area (Å²) in [7, 11) is 1.82. The van der Waals surface area contributed by atoms with Crippen molar-refractivity contribution >= 4 is 33.3 Å². The molecule has 0 aliphatic heterocycles. The molecule has 20 heavy (non-hydrogen) atoms. The molecule has 0 spiro atoms. The van der Waals surface area contributed by atoms with Crippen LogP contribution in [0.15, 0.2) is 28.9 Å². The zero-order valence-corrected chi connectivity index (χ0v) is 12.4. The number of nitrogens with one attached hydrogen (secondary N) is 2. The van der Waals surface area contributed by atoms with Gasteiger partial charge in [-0.15, -0.1) is 11.3 Å². The van der Waals surface area contributed by atoms with E-state index in [1.165, 1.54) is 4.88 Å². The van der Waals surface area contributed by atoms with Gasteiger partial charge in [-0.3, -0.25) is 0 Å². The summed E-state index contributed by atoms with van der Waals surface area (Å²) in [6, 6.07) is 5.99. The molecule has 0 amide bonds. The second-order valence-electron chi connectivity index (χ2n) is 4.60. The maximum atomic E-state index is 5.42. The molecular weight excluding hydrogens is 272 g/mol. The lowest BCUT2D eigenvalue weighted by atomic mass is 10.2. The third-order valence-electron chi connectivity index (χ3n) is 3.06. The molecule has 3 aromatic rings. The molecule has 1 unspecified atom stereocenters. The number of nitrogens with zero attached hydrogens (tertiary/aromatic N) is 2. The van der Waals surface area contributed by atoms with Crippen LogP contribution in [-0.2, 0) is 0 Å². The van der Waals surface area contributed by atoms with Crippen LogP contribution >= 0.6 is 11.3 Å². The average Bonchev–Trinajstić information content (AvgIpc) is 3.06. The summed E-state index contributed by atoms with van der Waals surface area (Å²) in [5.41, 5.74) is 0. The van der Waals surface area contributed by atoms with Gasteiger partial charge in [0.2, 0.25) is 5.95 Å². The maximum absolute atomic E-state index is 5.42. The van der Waals surface area contributed by atoms with Gasteiger partial charge >= 0.3 is 0 Å². The van der Waals surface area contributed by atoms with Crippen LogP contribution < -0.4 is 10.6 Å². The Balaban J connectivity index is 2.01. The molecule has 0 radical (unpaired) electrons. The van der Waals surface area contributed by atoms with Crippen LogP contribution in [0.4, 0.5) is 11.8 Å². The molecule has 0 aliphatic carbocycles. The van der Waals surface area contributed by atoms with Gasteiger partial charge in [0.15, 0.2) is 0 Å². The lowest BCUT2D eigenvalue weighted by molar-refractivity contribution is 0.490. The number of anilines is 2. The van der Waals surface area contributed by atoms with E-state index in [1.807, 2.05) is 26.1 Å². The average molecular weight is 288 g/mol. The summed E-state index contributed by atoms with van der Waals surface area (Å²) >= 11 is 1.67. The Kier molecular flexibility index (Phi) is 3.31. The van der Waals surface area contributed by atoms with Gasteiger partial charge in [0.1, 0.15) is 16.4 Å². The molecule has 0 saturated carbocycles. The standard InChI is InChI=1S/C14H16N4OS/c1-8-7-10-12(16-9(2)11-5-4-6-19-11)17-14(15-3)18-13(10)20-8/h4-7,9H,1-3H3,(H2,15,16,17,18). The van der Waals surface area contributed by atoms with Gasteiger partial charge in [-0.05, 0) is 32.0 Å². The summed E-state index contributed by atoms with van der Waals surface area (Å²) < 4.78 is 5.42. The summed E-state index contributed by atoms with van der Waals surface area (Å²) in [6.07, 6.45) is 1.68. The Bertz CT molecular complexity index is 720. The van der Waals surface area contributed by atoms with Crippen LogP contribution in [0.5, 0.6) is 0 Å². The molecule has 3 rings (SSSR count). The molecular formula is C14H16N4OS. The van der Waals surface area contributed by atoms with E-state index in [4.69, 9.17) is 4.42 Å². The van der Waals surface area contributed by atoms with Gasteiger partial charge in [0, 0.05) is 11.9 Å². The third kappa shape index (κ3) is 2.34. The Labute approximate surface area is 121 Å². The van der Waals surface area contributed by atoms with Crippen LogP contribution in [0.2, 0.25) is 0 Å². The summed E-state index contributed by atoms with van der Waals surface area (Å²) in [6.45, 7) is 4.12. The predicted molar refractivity (Wildman–Crippen MR) is 82.4 cm³/mol. The van der Waals surface area contributed by atoms with E-state index < -0.39 is 0 Å². The van der Waals surface area contributed by atoms with Crippen LogP contribution in [0.3, 0.4) is 0 Å². The third-order valence-corrected chi connectivity index (χ3v) is 4.01. The minimum atomic E-state index is 0.0491. The largest absolute Gasteiger partial charge is 0.467 e. The Hall–Kier alpha value is -2.08. The van der Waals surface area contributed by atoms with Crippen molar-refractivity contribution in [1.29, 1.82) is 0 Å². The second kappa shape index (κ2) is 5.13. The summed E-state index contributed by atoms with van der Waals surface area (Å²) in [5, 5.41) is 7.44. The first-order valence-corrected chi connectivity index (χ1v) is 7.25. The number of fused-ring (bicyclic) bond motifs is 1. The van der Waals surface area contributed by atoms with Crippen LogP contribution in [0.1, 0.15) is 23.6 Å². The molecule has 104 valence electrons. The number of rotatable bonds is 4. The van der Waals surface area contributed by atoms with Gasteiger partial charge in [0.05, 0.1) is 17.7 Å². The highest BCUT2D eigenvalue weighted by atomic mass is 32.1. The van der Waals surface area contributed by atoms with E-state index in [-0.39, 0.29) is 6.04 Å². The molecule has 3 heterocycles. The van der Waals surface area contributed by atoms with Crippen LogP contribution in [0, 0.1) is 6.92 Å². The molecule has 0 saturated heterocycles. The Morgan fingerprint density at radius 1 is 1.35 bits per heavy atom. The van der Waals surface area contributed by atoms with Crippen molar-refractivity contribution in [1.82, 2.24) is 9.97 Å². The summed E-state index contributed by atoms with van der Waals surface area (Å²) in [4.78, 5) is 11.2. The number of hydrogen-bond donors (Lipinski definition) is 2. The smallest absolute Gasteiger partial charge is 0.225 e. The van der Waals surface area contributed by atoms with Crippen molar-refractivity contribution < 1.29 is 4.42 Å². The van der Waals surface area contributed by atoms with Gasteiger partial charge in [-0.2, -0.15) is 4.98 Å². The molecule has 1 atom stereocenters. The van der Waals surface area contributed by atoms with Crippen molar-refractivity contribution in [2.75, 3.05) is 17.7 Å². The number of aromatic nitrogens is 2. The predicted octanol–water partition coefficient (Wildman–Crippen LogP) is 3.81. The van der Waals surface area contributed by atoms with Gasteiger partial charge in [0.25, 0.3) is 0 Å². The first-order valence-electron chi connectivity index (χ1n) is 6.43. The fraction of sp³-hybridized carbons (Fsp3) is 0.286. The van der Waals surface area contributed by atoms with Crippen molar-refractivity contribution in [2.45, 2.75) is 19.9 Å². The summed E-state index contributed by atoms with van der Waals surface area (Å²) in [5.74, 6) is 2.33.